The molecule has 0 saturated heterocycles. The van der Waals surface area contributed by atoms with Crippen LogP contribution in [0.2, 0.25) is 0 Å². The van der Waals surface area contributed by atoms with Gasteiger partial charge in [0.15, 0.2) is 5.82 Å². The van der Waals surface area contributed by atoms with Gasteiger partial charge in [0.2, 0.25) is 5.89 Å². The highest BCUT2D eigenvalue weighted by molar-refractivity contribution is 5.86. The summed E-state index contributed by atoms with van der Waals surface area (Å²) in [5.41, 5.74) is 2.47. The number of unbranched alkanes of at least 4 members (excludes halogenated alkanes) is 1. The summed E-state index contributed by atoms with van der Waals surface area (Å²) in [6, 6.07) is 8.38. The van der Waals surface area contributed by atoms with E-state index in [0.29, 0.717) is 12.2 Å². The fraction of sp³-hybridized carbons (Fsp3) is 0.421. The fourth-order valence-corrected chi connectivity index (χ4v) is 2.08. The normalized spacial score (nSPS) is 9.96. The number of rotatable bonds is 8. The molecule has 0 fully saturated rings. The lowest BCUT2D eigenvalue weighted by molar-refractivity contribution is -0.132. The largest absolute Gasteiger partial charge is 0.478 e. The van der Waals surface area contributed by atoms with Crippen molar-refractivity contribution in [3.8, 4) is 0 Å². The first-order valence-electron chi connectivity index (χ1n) is 8.39. The van der Waals surface area contributed by atoms with Crippen molar-refractivity contribution in [2.75, 3.05) is 0 Å². The molecule has 0 spiro atoms. The van der Waals surface area contributed by atoms with Crippen molar-refractivity contribution in [3.05, 3.63) is 59.3 Å². The third-order valence-corrected chi connectivity index (χ3v) is 3.38. The third-order valence-electron chi connectivity index (χ3n) is 3.38. The first-order chi connectivity index (χ1) is 11.6. The van der Waals surface area contributed by atoms with Gasteiger partial charge < -0.3 is 9.63 Å². The first kappa shape index (κ1) is 19.6. The van der Waals surface area contributed by atoms with Gasteiger partial charge in [-0.05, 0) is 24.0 Å². The number of aryl methyl sites for hydroxylation is 1. The van der Waals surface area contributed by atoms with Gasteiger partial charge in [-0.1, -0.05) is 63.2 Å². The van der Waals surface area contributed by atoms with Gasteiger partial charge in [0.05, 0.1) is 6.42 Å². The van der Waals surface area contributed by atoms with Crippen molar-refractivity contribution in [1.29, 1.82) is 0 Å². The summed E-state index contributed by atoms with van der Waals surface area (Å²) in [4.78, 5) is 14.9. The molecule has 0 bridgehead atoms. The maximum Gasteiger partial charge on any atom is 0.331 e. The first-order valence-corrected chi connectivity index (χ1v) is 8.39. The second-order valence-electron chi connectivity index (χ2n) is 5.29. The molecule has 1 heterocycles. The SMILES string of the molecule is C=C(Cc1nc(Cc2ccc(CCCC)cc2)no1)C(=O)O.CC. The number of hydrogen-bond acceptors (Lipinski definition) is 4. The molecule has 24 heavy (non-hydrogen) atoms. The Morgan fingerprint density at radius 3 is 2.42 bits per heavy atom. The average Bonchev–Trinajstić information content (AvgIpc) is 3.03. The van der Waals surface area contributed by atoms with Crippen molar-refractivity contribution in [2.45, 2.75) is 52.9 Å². The van der Waals surface area contributed by atoms with Gasteiger partial charge >= 0.3 is 5.97 Å². The fourth-order valence-electron chi connectivity index (χ4n) is 2.08. The monoisotopic (exact) mass is 330 g/mol. The van der Waals surface area contributed by atoms with Gasteiger partial charge in [-0.15, -0.1) is 0 Å². The summed E-state index contributed by atoms with van der Waals surface area (Å²) in [7, 11) is 0. The second kappa shape index (κ2) is 10.4. The van der Waals surface area contributed by atoms with Crippen LogP contribution in [0.3, 0.4) is 0 Å². The molecular formula is C19H26N2O3. The molecule has 1 N–H and O–H groups in total. The Balaban J connectivity index is 0.00000139. The van der Waals surface area contributed by atoms with E-state index in [1.54, 1.807) is 0 Å². The van der Waals surface area contributed by atoms with Gasteiger partial charge in [0.1, 0.15) is 0 Å². The lowest BCUT2D eigenvalue weighted by atomic mass is 10.0. The van der Waals surface area contributed by atoms with Gasteiger partial charge in [-0.2, -0.15) is 4.98 Å². The highest BCUT2D eigenvalue weighted by atomic mass is 16.5. The molecule has 0 saturated carbocycles. The molecule has 130 valence electrons. The van der Waals surface area contributed by atoms with Crippen LogP contribution in [-0.2, 0) is 24.1 Å². The minimum atomic E-state index is -1.05. The molecule has 5 nitrogen and oxygen atoms in total. The minimum Gasteiger partial charge on any atom is -0.478 e. The van der Waals surface area contributed by atoms with Crippen LogP contribution in [0.25, 0.3) is 0 Å². The molecule has 1 aromatic heterocycles. The number of carbonyl (C=O) groups is 1. The van der Waals surface area contributed by atoms with E-state index in [-0.39, 0.29) is 17.9 Å². The highest BCUT2D eigenvalue weighted by Gasteiger charge is 2.12. The maximum atomic E-state index is 10.7. The van der Waals surface area contributed by atoms with Gasteiger partial charge in [0, 0.05) is 12.0 Å². The number of nitrogens with zero attached hydrogens (tertiary/aromatic N) is 2. The molecule has 0 aliphatic carbocycles. The standard InChI is InChI=1S/C17H20N2O3.C2H6/c1-3-4-5-13-6-8-14(9-7-13)11-15-18-16(22-19-15)10-12(2)17(20)21;1-2/h6-9H,2-5,10-11H2,1H3,(H,20,21);1-2H3. The summed E-state index contributed by atoms with van der Waals surface area (Å²) in [5, 5.41) is 12.7. The third kappa shape index (κ3) is 6.36. The molecular weight excluding hydrogens is 304 g/mol. The van der Waals surface area contributed by atoms with E-state index in [4.69, 9.17) is 9.63 Å². The molecule has 1 aromatic carbocycles. The Labute approximate surface area is 143 Å². The molecule has 0 atom stereocenters. The zero-order valence-corrected chi connectivity index (χ0v) is 14.7. The van der Waals surface area contributed by atoms with Crippen molar-refractivity contribution in [3.63, 3.8) is 0 Å². The quantitative estimate of drug-likeness (QED) is 0.734. The Hall–Kier alpha value is -2.43. The Kier molecular flexibility index (Phi) is 8.47. The van der Waals surface area contributed by atoms with E-state index in [2.05, 4.69) is 47.9 Å². The van der Waals surface area contributed by atoms with E-state index in [1.807, 2.05) is 13.8 Å². The van der Waals surface area contributed by atoms with Gasteiger partial charge in [-0.25, -0.2) is 4.79 Å². The number of aromatic nitrogens is 2. The highest BCUT2D eigenvalue weighted by Crippen LogP contribution is 2.12. The zero-order valence-electron chi connectivity index (χ0n) is 14.7. The Morgan fingerprint density at radius 1 is 1.21 bits per heavy atom. The number of carboxylic acids is 1. The topological polar surface area (TPSA) is 76.2 Å². The van der Waals surface area contributed by atoms with Crippen LogP contribution < -0.4 is 0 Å². The van der Waals surface area contributed by atoms with Gasteiger partial charge in [0.25, 0.3) is 0 Å². The van der Waals surface area contributed by atoms with Crippen molar-refractivity contribution in [1.82, 2.24) is 10.1 Å². The van der Waals surface area contributed by atoms with E-state index >= 15 is 0 Å². The summed E-state index contributed by atoms with van der Waals surface area (Å²) >= 11 is 0. The molecule has 0 radical (unpaired) electrons. The lowest BCUT2D eigenvalue weighted by Gasteiger charge is -2.01. The van der Waals surface area contributed by atoms with E-state index in [1.165, 1.54) is 18.4 Å². The van der Waals surface area contributed by atoms with Crippen LogP contribution in [0.15, 0.2) is 40.9 Å². The second-order valence-corrected chi connectivity index (χ2v) is 5.29. The van der Waals surface area contributed by atoms with Crippen LogP contribution >= 0.6 is 0 Å². The molecule has 0 aliphatic heterocycles. The number of carboxylic acid groups (broad SMARTS) is 1. The molecule has 0 unspecified atom stereocenters. The Morgan fingerprint density at radius 2 is 1.83 bits per heavy atom. The summed E-state index contributed by atoms with van der Waals surface area (Å²) in [6.45, 7) is 9.63. The van der Waals surface area contributed by atoms with Crippen LogP contribution in [0.5, 0.6) is 0 Å². The molecule has 5 heteroatoms. The number of aliphatic carboxylic acids is 1. The summed E-state index contributed by atoms with van der Waals surface area (Å²) in [5.74, 6) is -0.223. The predicted octanol–water partition coefficient (Wildman–Crippen LogP) is 4.21. The van der Waals surface area contributed by atoms with Crippen molar-refractivity contribution >= 4 is 5.97 Å². The smallest absolute Gasteiger partial charge is 0.331 e. The van der Waals surface area contributed by atoms with E-state index < -0.39 is 5.97 Å². The van der Waals surface area contributed by atoms with Gasteiger partial charge in [-0.3, -0.25) is 0 Å². The van der Waals surface area contributed by atoms with Crippen LogP contribution in [0.1, 0.15) is 56.5 Å². The summed E-state index contributed by atoms with van der Waals surface area (Å²) < 4.78 is 5.05. The lowest BCUT2D eigenvalue weighted by Crippen LogP contribution is -2.02. The van der Waals surface area contributed by atoms with E-state index in [9.17, 15) is 4.79 Å². The zero-order chi connectivity index (χ0) is 17.9. The predicted molar refractivity (Wildman–Crippen MR) is 94.0 cm³/mol. The Bertz CT molecular complexity index is 645. The minimum absolute atomic E-state index is 0.0375. The van der Waals surface area contributed by atoms with Crippen molar-refractivity contribution < 1.29 is 14.4 Å². The molecule has 2 aromatic rings. The molecule has 2 rings (SSSR count). The van der Waals surface area contributed by atoms with Crippen LogP contribution in [-0.4, -0.2) is 21.2 Å². The maximum absolute atomic E-state index is 10.7. The summed E-state index contributed by atoms with van der Waals surface area (Å²) in [6.07, 6.45) is 4.12. The van der Waals surface area contributed by atoms with Crippen molar-refractivity contribution in [2.24, 2.45) is 0 Å². The van der Waals surface area contributed by atoms with Crippen LogP contribution in [0, 0.1) is 0 Å². The molecule has 0 aliphatic rings. The van der Waals surface area contributed by atoms with E-state index in [0.717, 1.165) is 12.0 Å². The van der Waals surface area contributed by atoms with Crippen LogP contribution in [0.4, 0.5) is 0 Å². The number of hydrogen-bond donors (Lipinski definition) is 1. The average molecular weight is 330 g/mol. The number of benzene rings is 1. The molecule has 0 amide bonds.